The van der Waals surface area contributed by atoms with E-state index in [0.29, 0.717) is 41.6 Å². The number of amides is 1. The average molecular weight is 338 g/mol. The first-order valence-corrected chi connectivity index (χ1v) is 8.71. The number of carbonyl (C=O) groups is 1. The molecule has 0 aliphatic rings. The van der Waals surface area contributed by atoms with Crippen molar-refractivity contribution in [3.8, 4) is 0 Å². The summed E-state index contributed by atoms with van der Waals surface area (Å²) in [7, 11) is -3.47. The van der Waals surface area contributed by atoms with Crippen molar-refractivity contribution in [2.75, 3.05) is 12.3 Å². The maximum absolute atomic E-state index is 12.1. The van der Waals surface area contributed by atoms with Gasteiger partial charge in [-0.15, -0.1) is 0 Å². The summed E-state index contributed by atoms with van der Waals surface area (Å²) in [4.78, 5) is 12.1. The van der Waals surface area contributed by atoms with Gasteiger partial charge in [-0.3, -0.25) is 4.79 Å². The Hall–Kier alpha value is -1.19. The first-order valence-electron chi connectivity index (χ1n) is 6.11. The number of unbranched alkanes of at least 4 members (excludes halogenated alkanes) is 1. The summed E-state index contributed by atoms with van der Waals surface area (Å²) in [5.41, 5.74) is 0.361. The van der Waals surface area contributed by atoms with Crippen molar-refractivity contribution in [3.05, 3.63) is 29.8 Å². The molecular weight excluding hydrogens is 322 g/mol. The van der Waals surface area contributed by atoms with E-state index in [2.05, 4.69) is 5.32 Å². The number of benzene rings is 1. The van der Waals surface area contributed by atoms with E-state index in [1.54, 1.807) is 0 Å². The number of sulfonamides is 1. The van der Waals surface area contributed by atoms with E-state index in [0.717, 1.165) is 0 Å². The van der Waals surface area contributed by atoms with Gasteiger partial charge in [-0.2, -0.15) is 8.78 Å². The van der Waals surface area contributed by atoms with Crippen LogP contribution in [-0.4, -0.2) is 32.4 Å². The number of thioether (sulfide) groups is 1. The van der Waals surface area contributed by atoms with Gasteiger partial charge in [0.2, 0.25) is 10.0 Å². The zero-order valence-electron chi connectivity index (χ0n) is 11.1. The van der Waals surface area contributed by atoms with Gasteiger partial charge in [0.15, 0.2) is 0 Å². The van der Waals surface area contributed by atoms with E-state index in [1.807, 2.05) is 0 Å². The van der Waals surface area contributed by atoms with Crippen LogP contribution in [0, 0.1) is 0 Å². The van der Waals surface area contributed by atoms with Crippen molar-refractivity contribution in [1.29, 1.82) is 0 Å². The Morgan fingerprint density at radius 3 is 2.38 bits per heavy atom. The Labute approximate surface area is 126 Å². The highest BCUT2D eigenvalue weighted by atomic mass is 32.2. The smallest absolute Gasteiger partial charge is 0.288 e. The van der Waals surface area contributed by atoms with Crippen LogP contribution >= 0.6 is 11.8 Å². The monoisotopic (exact) mass is 338 g/mol. The van der Waals surface area contributed by atoms with E-state index in [1.165, 1.54) is 24.3 Å². The van der Waals surface area contributed by atoms with Crippen LogP contribution in [0.2, 0.25) is 0 Å². The molecule has 0 spiro atoms. The molecule has 1 aromatic rings. The summed E-state index contributed by atoms with van der Waals surface area (Å²) in [5.74, 6) is -2.95. The summed E-state index contributed by atoms with van der Waals surface area (Å²) in [6.45, 7) is 0.321. The van der Waals surface area contributed by atoms with Gasteiger partial charge in [0, 0.05) is 17.0 Å². The molecule has 0 saturated heterocycles. The molecule has 118 valence electrons. The molecule has 5 nitrogen and oxygen atoms in total. The number of halogens is 2. The molecule has 0 saturated carbocycles. The summed E-state index contributed by atoms with van der Waals surface area (Å²) in [6.07, 6.45) is 0.852. The van der Waals surface area contributed by atoms with Gasteiger partial charge >= 0.3 is 0 Å². The van der Waals surface area contributed by atoms with Gasteiger partial charge in [0.25, 0.3) is 11.7 Å². The highest BCUT2D eigenvalue weighted by molar-refractivity contribution is 7.99. The van der Waals surface area contributed by atoms with E-state index in [9.17, 15) is 22.0 Å². The lowest BCUT2D eigenvalue weighted by Gasteiger charge is -2.06. The quantitative estimate of drug-likeness (QED) is 0.559. The number of rotatable bonds is 8. The molecule has 1 rings (SSSR count). The third kappa shape index (κ3) is 7.98. The van der Waals surface area contributed by atoms with Crippen molar-refractivity contribution in [3.63, 3.8) is 0 Å². The first kappa shape index (κ1) is 17.9. The van der Waals surface area contributed by atoms with Crippen molar-refractivity contribution in [2.24, 2.45) is 5.14 Å². The van der Waals surface area contributed by atoms with Gasteiger partial charge in [-0.05, 0) is 37.1 Å². The maximum atomic E-state index is 12.1. The summed E-state index contributed by atoms with van der Waals surface area (Å²) < 4.78 is 45.7. The molecule has 0 radical (unpaired) electrons. The van der Waals surface area contributed by atoms with Gasteiger partial charge in [-0.25, -0.2) is 13.6 Å². The lowest BCUT2D eigenvalue weighted by atomic mass is 10.2. The SMILES string of the molecule is NS(=O)(=O)CCCCNC(=O)c1ccc(SC(F)F)cc1. The Balaban J connectivity index is 2.35. The van der Waals surface area contributed by atoms with Crippen molar-refractivity contribution in [2.45, 2.75) is 23.5 Å². The maximum Gasteiger partial charge on any atom is 0.288 e. The minimum absolute atomic E-state index is 0.123. The number of primary sulfonamides is 1. The first-order chi connectivity index (χ1) is 9.78. The van der Waals surface area contributed by atoms with Gasteiger partial charge in [0.05, 0.1) is 5.75 Å². The molecule has 0 heterocycles. The fraction of sp³-hybridized carbons (Fsp3) is 0.417. The number of carbonyl (C=O) groups excluding carboxylic acids is 1. The van der Waals surface area contributed by atoms with E-state index < -0.39 is 15.8 Å². The van der Waals surface area contributed by atoms with Crippen LogP contribution in [0.1, 0.15) is 23.2 Å². The third-order valence-corrected chi connectivity index (χ3v) is 4.06. The van der Waals surface area contributed by atoms with Crippen molar-refractivity contribution < 1.29 is 22.0 Å². The van der Waals surface area contributed by atoms with E-state index in [4.69, 9.17) is 5.14 Å². The summed E-state index contributed by atoms with van der Waals surface area (Å²) in [6, 6.07) is 5.83. The molecule has 0 aromatic heterocycles. The molecule has 1 aromatic carbocycles. The minimum Gasteiger partial charge on any atom is -0.352 e. The summed E-state index contributed by atoms with van der Waals surface area (Å²) in [5, 5.41) is 7.46. The molecule has 3 N–H and O–H groups in total. The second-order valence-electron chi connectivity index (χ2n) is 4.23. The third-order valence-electron chi connectivity index (χ3n) is 2.48. The van der Waals surface area contributed by atoms with E-state index >= 15 is 0 Å². The van der Waals surface area contributed by atoms with Crippen LogP contribution in [0.5, 0.6) is 0 Å². The molecule has 1 amide bonds. The fourth-order valence-corrected chi connectivity index (χ4v) is 2.63. The van der Waals surface area contributed by atoms with Crippen molar-refractivity contribution >= 4 is 27.7 Å². The average Bonchev–Trinajstić information content (AvgIpc) is 2.37. The van der Waals surface area contributed by atoms with Gasteiger partial charge in [0.1, 0.15) is 0 Å². The number of nitrogens with two attached hydrogens (primary N) is 1. The zero-order valence-corrected chi connectivity index (χ0v) is 12.7. The van der Waals surface area contributed by atoms with Crippen LogP contribution in [0.4, 0.5) is 8.78 Å². The Morgan fingerprint density at radius 2 is 1.86 bits per heavy atom. The molecule has 0 bridgehead atoms. The number of hydrogen-bond acceptors (Lipinski definition) is 4. The Bertz CT molecular complexity index is 562. The standard InChI is InChI=1S/C12H16F2N2O3S2/c13-12(14)20-10-5-3-9(4-6-10)11(17)16-7-1-2-8-21(15,18)19/h3-6,12H,1-2,7-8H2,(H,16,17)(H2,15,18,19). The van der Waals surface area contributed by atoms with Crippen LogP contribution in [-0.2, 0) is 10.0 Å². The molecule has 0 aliphatic heterocycles. The van der Waals surface area contributed by atoms with Crippen LogP contribution in [0.15, 0.2) is 29.2 Å². The molecule has 0 unspecified atom stereocenters. The van der Waals surface area contributed by atoms with Crippen LogP contribution in [0.25, 0.3) is 0 Å². The predicted molar refractivity (Wildman–Crippen MR) is 77.8 cm³/mol. The molecule has 21 heavy (non-hydrogen) atoms. The lowest BCUT2D eigenvalue weighted by molar-refractivity contribution is 0.0953. The Kier molecular flexibility index (Phi) is 7.06. The summed E-state index contributed by atoms with van der Waals surface area (Å²) >= 11 is 0.412. The lowest BCUT2D eigenvalue weighted by Crippen LogP contribution is -2.25. The zero-order chi connectivity index (χ0) is 15.9. The normalized spacial score (nSPS) is 11.6. The fourth-order valence-electron chi connectivity index (χ4n) is 1.52. The largest absolute Gasteiger partial charge is 0.352 e. The van der Waals surface area contributed by atoms with Gasteiger partial charge < -0.3 is 5.32 Å². The second kappa shape index (κ2) is 8.30. The topological polar surface area (TPSA) is 89.3 Å². The molecule has 0 atom stereocenters. The van der Waals surface area contributed by atoms with E-state index in [-0.39, 0.29) is 11.7 Å². The van der Waals surface area contributed by atoms with Crippen LogP contribution < -0.4 is 10.5 Å². The highest BCUT2D eigenvalue weighted by Gasteiger charge is 2.08. The Morgan fingerprint density at radius 1 is 1.24 bits per heavy atom. The number of alkyl halides is 2. The highest BCUT2D eigenvalue weighted by Crippen LogP contribution is 2.25. The predicted octanol–water partition coefficient (Wildman–Crippen LogP) is 1.80. The number of hydrogen-bond donors (Lipinski definition) is 2. The molecule has 9 heteroatoms. The molecule has 0 fully saturated rings. The minimum atomic E-state index is -3.47. The second-order valence-corrected chi connectivity index (χ2v) is 7.03. The van der Waals surface area contributed by atoms with Crippen molar-refractivity contribution in [1.82, 2.24) is 5.32 Å². The molecular formula is C12H16F2N2O3S2. The van der Waals surface area contributed by atoms with Crippen LogP contribution in [0.3, 0.4) is 0 Å². The molecule has 0 aliphatic carbocycles. The number of nitrogens with one attached hydrogen (secondary N) is 1. The van der Waals surface area contributed by atoms with Gasteiger partial charge in [-0.1, -0.05) is 11.8 Å².